The van der Waals surface area contributed by atoms with E-state index in [1.165, 1.54) is 0 Å². The van der Waals surface area contributed by atoms with Gasteiger partial charge in [0.2, 0.25) is 0 Å². The van der Waals surface area contributed by atoms with Crippen LogP contribution in [0.3, 0.4) is 0 Å². The van der Waals surface area contributed by atoms with Crippen molar-refractivity contribution in [2.45, 2.75) is 25.4 Å². The largest absolute Gasteiger partial charge is 0.480 e. The van der Waals surface area contributed by atoms with Crippen LogP contribution in [0.1, 0.15) is 13.3 Å². The van der Waals surface area contributed by atoms with E-state index in [-0.39, 0.29) is 6.04 Å². The molecule has 0 spiro atoms. The molecule has 0 aromatic rings. The molecule has 1 unspecified atom stereocenters. The maximum Gasteiger partial charge on any atom is 0.322 e. The highest BCUT2D eigenvalue weighted by Gasteiger charge is 2.33. The van der Waals surface area contributed by atoms with Gasteiger partial charge < -0.3 is 15.7 Å². The lowest BCUT2D eigenvalue weighted by Crippen LogP contribution is -2.50. The lowest BCUT2D eigenvalue weighted by molar-refractivity contribution is -0.140. The maximum absolute atomic E-state index is 10.8. The fourth-order valence-corrected chi connectivity index (χ4v) is 1.76. The second kappa shape index (κ2) is 3.87. The minimum Gasteiger partial charge on any atom is -0.480 e. The number of carbonyl (C=O) groups is 1. The molecule has 3 atom stereocenters. The standard InChI is InChI=1S/C8H16N2O2/c1-5-3-4-10-6(5)7(9-2)8(11)12/h5-7,9-10H,3-4H2,1-2H3,(H,11,12)/t5-,6+,7?/m1/s1. The molecule has 0 radical (unpaired) electrons. The summed E-state index contributed by atoms with van der Waals surface area (Å²) in [6, 6.07) is -0.380. The SMILES string of the molecule is CNC(C(=O)O)[C@H]1NCC[C@H]1C. The van der Waals surface area contributed by atoms with Crippen LogP contribution in [0.2, 0.25) is 0 Å². The van der Waals surface area contributed by atoms with E-state index in [9.17, 15) is 4.79 Å². The van der Waals surface area contributed by atoms with Crippen molar-refractivity contribution < 1.29 is 9.90 Å². The highest BCUT2D eigenvalue weighted by atomic mass is 16.4. The summed E-state index contributed by atoms with van der Waals surface area (Å²) in [4.78, 5) is 10.8. The number of hydrogen-bond donors (Lipinski definition) is 3. The second-order valence-electron chi connectivity index (χ2n) is 3.35. The Morgan fingerprint density at radius 1 is 1.75 bits per heavy atom. The Balaban J connectivity index is 2.58. The number of carboxylic acids is 1. The third-order valence-corrected chi connectivity index (χ3v) is 2.53. The molecule has 0 aromatic carbocycles. The Morgan fingerprint density at radius 3 is 2.75 bits per heavy atom. The second-order valence-corrected chi connectivity index (χ2v) is 3.35. The van der Waals surface area contributed by atoms with Crippen molar-refractivity contribution in [3.63, 3.8) is 0 Å². The average molecular weight is 172 g/mol. The summed E-state index contributed by atoms with van der Waals surface area (Å²) in [6.07, 6.45) is 1.07. The molecule has 1 rings (SSSR count). The number of nitrogens with one attached hydrogen (secondary N) is 2. The first kappa shape index (κ1) is 9.48. The molecule has 70 valence electrons. The van der Waals surface area contributed by atoms with Crippen LogP contribution in [-0.2, 0) is 4.79 Å². The zero-order valence-electron chi connectivity index (χ0n) is 7.50. The van der Waals surface area contributed by atoms with E-state index in [4.69, 9.17) is 5.11 Å². The molecular weight excluding hydrogens is 156 g/mol. The zero-order valence-corrected chi connectivity index (χ0v) is 7.50. The van der Waals surface area contributed by atoms with E-state index < -0.39 is 12.0 Å². The molecule has 0 amide bonds. The molecule has 4 nitrogen and oxygen atoms in total. The lowest BCUT2D eigenvalue weighted by Gasteiger charge is -2.22. The smallest absolute Gasteiger partial charge is 0.322 e. The van der Waals surface area contributed by atoms with E-state index in [1.807, 2.05) is 0 Å². The highest BCUT2D eigenvalue weighted by Crippen LogP contribution is 2.17. The third kappa shape index (κ3) is 1.76. The van der Waals surface area contributed by atoms with Gasteiger partial charge in [0.05, 0.1) is 0 Å². The average Bonchev–Trinajstić information content (AvgIpc) is 2.38. The summed E-state index contributed by atoms with van der Waals surface area (Å²) in [7, 11) is 1.69. The van der Waals surface area contributed by atoms with Crippen LogP contribution in [0.25, 0.3) is 0 Å². The van der Waals surface area contributed by atoms with E-state index in [0.717, 1.165) is 13.0 Å². The Hall–Kier alpha value is -0.610. The Bertz CT molecular complexity index is 172. The van der Waals surface area contributed by atoms with Crippen molar-refractivity contribution in [1.29, 1.82) is 0 Å². The van der Waals surface area contributed by atoms with Gasteiger partial charge in [-0.2, -0.15) is 0 Å². The Kier molecular flexibility index (Phi) is 3.05. The van der Waals surface area contributed by atoms with Gasteiger partial charge in [-0.05, 0) is 25.9 Å². The topological polar surface area (TPSA) is 61.4 Å². The van der Waals surface area contributed by atoms with E-state index in [1.54, 1.807) is 7.05 Å². The number of aliphatic carboxylic acids is 1. The Labute approximate surface area is 72.3 Å². The Morgan fingerprint density at radius 2 is 2.42 bits per heavy atom. The molecule has 0 aliphatic carbocycles. The molecule has 1 aliphatic heterocycles. The molecule has 0 saturated carbocycles. The van der Waals surface area contributed by atoms with Crippen LogP contribution < -0.4 is 10.6 Å². The normalized spacial score (nSPS) is 31.8. The molecule has 1 heterocycles. The van der Waals surface area contributed by atoms with Gasteiger partial charge in [0.15, 0.2) is 0 Å². The van der Waals surface area contributed by atoms with Crippen molar-refractivity contribution in [2.24, 2.45) is 5.92 Å². The van der Waals surface area contributed by atoms with E-state index in [0.29, 0.717) is 5.92 Å². The van der Waals surface area contributed by atoms with Crippen molar-refractivity contribution in [1.82, 2.24) is 10.6 Å². The minimum atomic E-state index is -0.774. The van der Waals surface area contributed by atoms with Gasteiger partial charge in [-0.1, -0.05) is 6.92 Å². The molecule has 1 saturated heterocycles. The van der Waals surface area contributed by atoms with Gasteiger partial charge in [0.1, 0.15) is 6.04 Å². The summed E-state index contributed by atoms with van der Waals surface area (Å²) in [5.74, 6) is -0.331. The van der Waals surface area contributed by atoms with E-state index >= 15 is 0 Å². The van der Waals surface area contributed by atoms with E-state index in [2.05, 4.69) is 17.6 Å². The van der Waals surface area contributed by atoms with Crippen molar-refractivity contribution in [2.75, 3.05) is 13.6 Å². The highest BCUT2D eigenvalue weighted by molar-refractivity contribution is 5.74. The molecular formula is C8H16N2O2. The monoisotopic (exact) mass is 172 g/mol. The van der Waals surface area contributed by atoms with Gasteiger partial charge >= 0.3 is 5.97 Å². The molecule has 0 aromatic heterocycles. The van der Waals surface area contributed by atoms with Gasteiger partial charge in [-0.3, -0.25) is 4.79 Å². The molecule has 0 bridgehead atoms. The number of likely N-dealkylation sites (N-methyl/N-ethyl adjacent to an activating group) is 1. The fraction of sp³-hybridized carbons (Fsp3) is 0.875. The van der Waals surface area contributed by atoms with Crippen LogP contribution in [0.15, 0.2) is 0 Å². The number of carboxylic acid groups (broad SMARTS) is 1. The first-order chi connectivity index (χ1) is 5.66. The first-order valence-electron chi connectivity index (χ1n) is 4.30. The first-order valence-corrected chi connectivity index (χ1v) is 4.30. The van der Waals surface area contributed by atoms with Crippen molar-refractivity contribution in [3.05, 3.63) is 0 Å². The lowest BCUT2D eigenvalue weighted by atomic mass is 9.96. The number of rotatable bonds is 3. The summed E-state index contributed by atoms with van der Waals surface area (Å²) >= 11 is 0. The number of hydrogen-bond acceptors (Lipinski definition) is 3. The molecule has 4 heteroatoms. The van der Waals surface area contributed by atoms with Crippen molar-refractivity contribution in [3.8, 4) is 0 Å². The van der Waals surface area contributed by atoms with Crippen molar-refractivity contribution >= 4 is 5.97 Å². The summed E-state index contributed by atoms with van der Waals surface area (Å²) in [6.45, 7) is 3.01. The molecule has 1 fully saturated rings. The third-order valence-electron chi connectivity index (χ3n) is 2.53. The van der Waals surface area contributed by atoms with Crippen LogP contribution in [-0.4, -0.2) is 36.8 Å². The van der Waals surface area contributed by atoms with Crippen LogP contribution in [0, 0.1) is 5.92 Å². The minimum absolute atomic E-state index is 0.0764. The maximum atomic E-state index is 10.8. The molecule has 12 heavy (non-hydrogen) atoms. The van der Waals surface area contributed by atoms with Gasteiger partial charge in [-0.25, -0.2) is 0 Å². The zero-order chi connectivity index (χ0) is 9.14. The molecule has 3 N–H and O–H groups in total. The van der Waals surface area contributed by atoms with Crippen LogP contribution in [0.4, 0.5) is 0 Å². The van der Waals surface area contributed by atoms with Gasteiger partial charge in [0.25, 0.3) is 0 Å². The summed E-state index contributed by atoms with van der Waals surface area (Å²) in [5.41, 5.74) is 0. The fourth-order valence-electron chi connectivity index (χ4n) is 1.76. The predicted octanol–water partition coefficient (Wildman–Crippen LogP) is -0.343. The van der Waals surface area contributed by atoms with Crippen LogP contribution in [0.5, 0.6) is 0 Å². The summed E-state index contributed by atoms with van der Waals surface area (Å²) < 4.78 is 0. The van der Waals surface area contributed by atoms with Gasteiger partial charge in [-0.15, -0.1) is 0 Å². The van der Waals surface area contributed by atoms with Crippen LogP contribution >= 0.6 is 0 Å². The predicted molar refractivity (Wildman–Crippen MR) is 46.1 cm³/mol. The van der Waals surface area contributed by atoms with Gasteiger partial charge in [0, 0.05) is 6.04 Å². The quantitative estimate of drug-likeness (QED) is 0.545. The summed E-state index contributed by atoms with van der Waals surface area (Å²) in [5, 5.41) is 14.9. The molecule has 1 aliphatic rings.